The van der Waals surface area contributed by atoms with Crippen LogP contribution in [0.2, 0.25) is 0 Å². The number of phosphoric acid groups is 2. The van der Waals surface area contributed by atoms with Gasteiger partial charge in [0.2, 0.25) is 0 Å². The molecule has 0 aliphatic rings. The van der Waals surface area contributed by atoms with Crippen molar-refractivity contribution >= 4 is 39.5 Å². The van der Waals surface area contributed by atoms with E-state index < -0.39 is 97.5 Å². The molecule has 0 heterocycles. The van der Waals surface area contributed by atoms with Crippen LogP contribution in [0.3, 0.4) is 0 Å². The van der Waals surface area contributed by atoms with Crippen LogP contribution >= 0.6 is 15.6 Å². The summed E-state index contributed by atoms with van der Waals surface area (Å²) >= 11 is 0. The molecule has 0 amide bonds. The molecule has 3 N–H and O–H groups in total. The van der Waals surface area contributed by atoms with Crippen LogP contribution < -0.4 is 0 Å². The molecular formula is C76H148O17P2. The molecule has 0 aromatic carbocycles. The van der Waals surface area contributed by atoms with Crippen molar-refractivity contribution in [2.75, 3.05) is 39.6 Å². The molecule has 564 valence electrons. The average Bonchev–Trinajstić information content (AvgIpc) is 1.34. The topological polar surface area (TPSA) is 237 Å². The molecule has 0 saturated heterocycles. The molecular weight excluding hydrogens is 1250 g/mol. The SMILES string of the molecule is CCCCCCCCCCCCCCCCCCCC(=O)O[C@H](COC(=O)CCCCCCCCCCCCCCCCCC)COP(=O)(O)OC[C@@H](O)COP(=O)(O)OC[C@@H](COC(=O)CCCCCCCCC(C)CC)OC(=O)CCCCCCCCCCC(C)CC. The van der Waals surface area contributed by atoms with Crippen LogP contribution in [-0.2, 0) is 65.4 Å². The van der Waals surface area contributed by atoms with E-state index in [-0.39, 0.29) is 25.7 Å². The molecule has 19 heteroatoms. The maximum Gasteiger partial charge on any atom is 0.472 e. The third-order valence-electron chi connectivity index (χ3n) is 18.4. The van der Waals surface area contributed by atoms with Gasteiger partial charge in [-0.3, -0.25) is 37.3 Å². The molecule has 7 atom stereocenters. The second-order valence-electron chi connectivity index (χ2n) is 27.9. The number of hydrogen-bond donors (Lipinski definition) is 3. The third-order valence-corrected chi connectivity index (χ3v) is 20.3. The van der Waals surface area contributed by atoms with Gasteiger partial charge in [0.1, 0.15) is 19.3 Å². The second kappa shape index (κ2) is 67.9. The second-order valence-corrected chi connectivity index (χ2v) is 30.8. The summed E-state index contributed by atoms with van der Waals surface area (Å²) in [5, 5.41) is 10.6. The van der Waals surface area contributed by atoms with E-state index in [0.29, 0.717) is 25.7 Å². The van der Waals surface area contributed by atoms with E-state index >= 15 is 0 Å². The lowest BCUT2D eigenvalue weighted by Gasteiger charge is -2.21. The lowest BCUT2D eigenvalue weighted by molar-refractivity contribution is -0.161. The maximum absolute atomic E-state index is 13.1. The van der Waals surface area contributed by atoms with E-state index in [1.807, 2.05) is 0 Å². The van der Waals surface area contributed by atoms with Gasteiger partial charge in [-0.15, -0.1) is 0 Å². The predicted molar refractivity (Wildman–Crippen MR) is 386 cm³/mol. The first-order chi connectivity index (χ1) is 45.9. The minimum atomic E-state index is -4.96. The van der Waals surface area contributed by atoms with Crippen molar-refractivity contribution in [3.8, 4) is 0 Å². The predicted octanol–water partition coefficient (Wildman–Crippen LogP) is 22.3. The zero-order valence-electron chi connectivity index (χ0n) is 62.0. The van der Waals surface area contributed by atoms with Gasteiger partial charge in [-0.1, -0.05) is 343 Å². The van der Waals surface area contributed by atoms with Crippen LogP contribution in [0, 0.1) is 11.8 Å². The van der Waals surface area contributed by atoms with Gasteiger partial charge < -0.3 is 33.8 Å². The van der Waals surface area contributed by atoms with E-state index in [4.69, 9.17) is 37.0 Å². The van der Waals surface area contributed by atoms with E-state index in [1.54, 1.807) is 0 Å². The summed E-state index contributed by atoms with van der Waals surface area (Å²) in [4.78, 5) is 72.8. The first-order valence-electron chi connectivity index (χ1n) is 39.6. The van der Waals surface area contributed by atoms with Crippen LogP contribution in [0.1, 0.15) is 395 Å². The summed E-state index contributed by atoms with van der Waals surface area (Å²) in [5.41, 5.74) is 0. The van der Waals surface area contributed by atoms with Crippen LogP contribution in [0.4, 0.5) is 0 Å². The molecule has 0 fully saturated rings. The molecule has 0 radical (unpaired) electrons. The summed E-state index contributed by atoms with van der Waals surface area (Å²) in [6, 6.07) is 0. The molecule has 0 aliphatic heterocycles. The van der Waals surface area contributed by atoms with Gasteiger partial charge >= 0.3 is 39.5 Å². The Labute approximate surface area is 581 Å². The van der Waals surface area contributed by atoms with Gasteiger partial charge in [-0.05, 0) is 37.5 Å². The Bertz CT molecular complexity index is 1840. The van der Waals surface area contributed by atoms with Crippen molar-refractivity contribution in [1.29, 1.82) is 0 Å². The van der Waals surface area contributed by atoms with E-state index in [9.17, 15) is 43.2 Å². The van der Waals surface area contributed by atoms with E-state index in [0.717, 1.165) is 108 Å². The van der Waals surface area contributed by atoms with Crippen molar-refractivity contribution in [2.24, 2.45) is 11.8 Å². The Hall–Kier alpha value is -1.94. The minimum Gasteiger partial charge on any atom is -0.462 e. The number of phosphoric ester groups is 2. The largest absolute Gasteiger partial charge is 0.472 e. The van der Waals surface area contributed by atoms with Gasteiger partial charge in [0, 0.05) is 25.7 Å². The molecule has 0 saturated carbocycles. The normalized spacial score (nSPS) is 14.6. The number of carbonyl (C=O) groups is 4. The Morgan fingerprint density at radius 1 is 0.295 bits per heavy atom. The highest BCUT2D eigenvalue weighted by molar-refractivity contribution is 7.47. The Morgan fingerprint density at radius 3 is 0.747 bits per heavy atom. The number of aliphatic hydroxyl groups excluding tert-OH is 1. The van der Waals surface area contributed by atoms with Gasteiger partial charge in [-0.2, -0.15) is 0 Å². The fourth-order valence-corrected chi connectivity index (χ4v) is 13.2. The standard InChI is InChI=1S/C76H148O17P2/c1-7-11-13-15-17-19-21-23-25-27-29-31-33-35-40-48-54-60-75(80)92-71(64-86-73(78)58-52-46-39-34-32-30-28-26-24-22-20-18-16-14-12-8-2)66-90-94(82,83)88-62-70(77)63-89-95(84,85)91-67-72(65-87-74(79)59-53-47-43-42-45-51-57-69(6)10-4)93-76(81)61-55-49-41-37-36-38-44-50-56-68(5)9-3/h68-72,77H,7-67H2,1-6H3,(H,82,83)(H,84,85)/t68?,69?,70-,71-,72-/m1/s1. The molecule has 0 aromatic rings. The highest BCUT2D eigenvalue weighted by Gasteiger charge is 2.30. The molecule has 0 aliphatic carbocycles. The van der Waals surface area contributed by atoms with Crippen molar-refractivity contribution < 1.29 is 80.2 Å². The Kier molecular flexibility index (Phi) is 66.5. The quantitative estimate of drug-likeness (QED) is 0.0222. The zero-order chi connectivity index (χ0) is 70.0. The number of rotatable bonds is 75. The van der Waals surface area contributed by atoms with Gasteiger partial charge in [0.25, 0.3) is 0 Å². The van der Waals surface area contributed by atoms with Crippen molar-refractivity contribution in [3.63, 3.8) is 0 Å². The molecule has 0 rings (SSSR count). The lowest BCUT2D eigenvalue weighted by Crippen LogP contribution is -2.30. The molecule has 0 aromatic heterocycles. The first-order valence-corrected chi connectivity index (χ1v) is 42.6. The van der Waals surface area contributed by atoms with E-state index in [2.05, 4.69) is 41.5 Å². The highest BCUT2D eigenvalue weighted by Crippen LogP contribution is 2.45. The smallest absolute Gasteiger partial charge is 0.462 e. The number of hydrogen-bond acceptors (Lipinski definition) is 15. The summed E-state index contributed by atoms with van der Waals surface area (Å²) in [7, 11) is -9.91. The van der Waals surface area contributed by atoms with Gasteiger partial charge in [0.05, 0.1) is 26.4 Å². The summed E-state index contributed by atoms with van der Waals surface area (Å²) in [6.45, 7) is 9.56. The van der Waals surface area contributed by atoms with Crippen molar-refractivity contribution in [3.05, 3.63) is 0 Å². The fraction of sp³-hybridized carbons (Fsp3) is 0.947. The van der Waals surface area contributed by atoms with Crippen LogP contribution in [-0.4, -0.2) is 96.7 Å². The first kappa shape index (κ1) is 93.1. The molecule has 0 bridgehead atoms. The lowest BCUT2D eigenvalue weighted by atomic mass is 9.99. The number of esters is 4. The summed E-state index contributed by atoms with van der Waals surface area (Å²) < 4.78 is 68.5. The number of unbranched alkanes of at least 4 members (excludes halogenated alkanes) is 43. The fourth-order valence-electron chi connectivity index (χ4n) is 11.6. The Morgan fingerprint density at radius 2 is 0.505 bits per heavy atom. The zero-order valence-corrected chi connectivity index (χ0v) is 63.8. The summed E-state index contributed by atoms with van der Waals surface area (Å²) in [5.74, 6) is -0.617. The van der Waals surface area contributed by atoms with Gasteiger partial charge in [0.15, 0.2) is 12.2 Å². The number of ether oxygens (including phenoxy) is 4. The molecule has 17 nitrogen and oxygen atoms in total. The number of carbonyl (C=O) groups excluding carboxylic acids is 4. The summed E-state index contributed by atoms with van der Waals surface area (Å²) in [6.07, 6.45) is 55.5. The third kappa shape index (κ3) is 67.6. The van der Waals surface area contributed by atoms with Crippen molar-refractivity contribution in [2.45, 2.75) is 413 Å². The van der Waals surface area contributed by atoms with Gasteiger partial charge in [-0.25, -0.2) is 9.13 Å². The monoisotopic (exact) mass is 1400 g/mol. The average molecular weight is 1400 g/mol. The molecule has 0 spiro atoms. The van der Waals surface area contributed by atoms with Crippen LogP contribution in [0.5, 0.6) is 0 Å². The molecule has 95 heavy (non-hydrogen) atoms. The van der Waals surface area contributed by atoms with Crippen LogP contribution in [0.15, 0.2) is 0 Å². The highest BCUT2D eigenvalue weighted by atomic mass is 31.2. The van der Waals surface area contributed by atoms with Crippen LogP contribution in [0.25, 0.3) is 0 Å². The Balaban J connectivity index is 5.25. The number of aliphatic hydroxyl groups is 1. The molecule has 4 unspecified atom stereocenters. The minimum absolute atomic E-state index is 0.104. The van der Waals surface area contributed by atoms with E-state index in [1.165, 1.54) is 205 Å². The van der Waals surface area contributed by atoms with Crippen molar-refractivity contribution in [1.82, 2.24) is 0 Å². The maximum atomic E-state index is 13.1.